The highest BCUT2D eigenvalue weighted by Gasteiger charge is 2.22. The molecular weight excluding hydrogens is 234 g/mol. The Morgan fingerprint density at radius 3 is 2.94 bits per heavy atom. The molecule has 0 saturated carbocycles. The van der Waals surface area contributed by atoms with Gasteiger partial charge in [0.1, 0.15) is 17.9 Å². The van der Waals surface area contributed by atoms with Crippen LogP contribution in [0.5, 0.6) is 5.75 Å². The molecule has 1 saturated heterocycles. The molecule has 0 radical (unpaired) electrons. The maximum Gasteiger partial charge on any atom is 0.339 e. The fraction of sp³-hybridized carbons (Fsp3) is 0.385. The summed E-state index contributed by atoms with van der Waals surface area (Å²) in [5, 5.41) is 11.8. The van der Waals surface area contributed by atoms with Crippen molar-refractivity contribution < 1.29 is 19.4 Å². The number of hydrogen-bond acceptors (Lipinski definition) is 3. The molecule has 5 heteroatoms. The quantitative estimate of drug-likeness (QED) is 0.844. The molecule has 0 spiro atoms. The second-order valence-electron chi connectivity index (χ2n) is 4.42. The van der Waals surface area contributed by atoms with Crippen molar-refractivity contribution in [2.24, 2.45) is 0 Å². The largest absolute Gasteiger partial charge is 0.491 e. The van der Waals surface area contributed by atoms with Crippen LogP contribution in [-0.4, -0.2) is 29.6 Å². The van der Waals surface area contributed by atoms with Crippen LogP contribution in [0.2, 0.25) is 0 Å². The van der Waals surface area contributed by atoms with Crippen LogP contribution in [0.25, 0.3) is 0 Å². The van der Waals surface area contributed by atoms with Crippen molar-refractivity contribution in [2.45, 2.75) is 25.8 Å². The third-order valence-corrected chi connectivity index (χ3v) is 2.89. The van der Waals surface area contributed by atoms with Crippen molar-refractivity contribution >= 4 is 11.9 Å². The molecule has 1 unspecified atom stereocenters. The zero-order valence-electron chi connectivity index (χ0n) is 10.1. The Balaban J connectivity index is 2.06. The lowest BCUT2D eigenvalue weighted by molar-refractivity contribution is -0.119. The van der Waals surface area contributed by atoms with E-state index in [0.717, 1.165) is 12.0 Å². The number of aryl methyl sites for hydroxylation is 1. The topological polar surface area (TPSA) is 75.6 Å². The molecule has 18 heavy (non-hydrogen) atoms. The van der Waals surface area contributed by atoms with E-state index in [9.17, 15) is 9.59 Å². The predicted molar refractivity (Wildman–Crippen MR) is 64.8 cm³/mol. The molecule has 0 bridgehead atoms. The number of ether oxygens (including phenoxy) is 1. The number of amides is 1. The number of carboxylic acid groups (broad SMARTS) is 1. The van der Waals surface area contributed by atoms with Crippen LogP contribution in [0.3, 0.4) is 0 Å². The van der Waals surface area contributed by atoms with Gasteiger partial charge in [0.15, 0.2) is 0 Å². The fourth-order valence-corrected chi connectivity index (χ4v) is 1.92. The number of carbonyl (C=O) groups excluding carboxylic acids is 1. The number of carbonyl (C=O) groups is 2. The van der Waals surface area contributed by atoms with E-state index in [0.29, 0.717) is 18.8 Å². The lowest BCUT2D eigenvalue weighted by atomic mass is 10.1. The number of aromatic carboxylic acids is 1. The van der Waals surface area contributed by atoms with Crippen molar-refractivity contribution in [3.8, 4) is 5.75 Å². The molecule has 1 fully saturated rings. The van der Waals surface area contributed by atoms with E-state index >= 15 is 0 Å². The highest BCUT2D eigenvalue weighted by Crippen LogP contribution is 2.21. The molecule has 1 aromatic carbocycles. The molecule has 5 nitrogen and oxygen atoms in total. The molecule has 96 valence electrons. The molecular formula is C13H15NO4. The van der Waals surface area contributed by atoms with Crippen molar-refractivity contribution in [3.63, 3.8) is 0 Å². The summed E-state index contributed by atoms with van der Waals surface area (Å²) in [6.45, 7) is 2.17. The fourth-order valence-electron chi connectivity index (χ4n) is 1.92. The van der Waals surface area contributed by atoms with Gasteiger partial charge < -0.3 is 15.2 Å². The first-order valence-corrected chi connectivity index (χ1v) is 5.82. The smallest absolute Gasteiger partial charge is 0.339 e. The van der Waals surface area contributed by atoms with E-state index < -0.39 is 5.97 Å². The predicted octanol–water partition coefficient (Wildman–Crippen LogP) is 1.35. The molecule has 1 aliphatic rings. The van der Waals surface area contributed by atoms with Crippen molar-refractivity contribution in [3.05, 3.63) is 29.3 Å². The zero-order valence-corrected chi connectivity index (χ0v) is 10.1. The van der Waals surface area contributed by atoms with Gasteiger partial charge in [0.25, 0.3) is 0 Å². The minimum absolute atomic E-state index is 0.0197. The average molecular weight is 249 g/mol. The normalized spacial score (nSPS) is 18.5. The Hall–Kier alpha value is -2.04. The second-order valence-corrected chi connectivity index (χ2v) is 4.42. The van der Waals surface area contributed by atoms with Gasteiger partial charge in [-0.15, -0.1) is 0 Å². The minimum Gasteiger partial charge on any atom is -0.491 e. The maximum absolute atomic E-state index is 11.0. The lowest BCUT2D eigenvalue weighted by Gasteiger charge is -2.14. The Labute approximate surface area is 105 Å². The number of rotatable bonds is 4. The third-order valence-electron chi connectivity index (χ3n) is 2.89. The Morgan fingerprint density at radius 2 is 2.33 bits per heavy atom. The molecule has 1 amide bonds. The van der Waals surface area contributed by atoms with Crippen molar-refractivity contribution in [1.29, 1.82) is 0 Å². The second kappa shape index (κ2) is 5.08. The number of carboxylic acids is 1. The van der Waals surface area contributed by atoms with Gasteiger partial charge in [0.05, 0.1) is 6.04 Å². The standard InChI is InChI=1S/C13H15NO4/c1-8-2-4-10(13(16)17)11(6-8)18-7-9-3-5-12(15)14-9/h2,4,6,9H,3,5,7H2,1H3,(H,14,15)(H,16,17). The van der Waals surface area contributed by atoms with Crippen LogP contribution in [0.1, 0.15) is 28.8 Å². The van der Waals surface area contributed by atoms with E-state index in [4.69, 9.17) is 9.84 Å². The minimum atomic E-state index is -1.01. The van der Waals surface area contributed by atoms with Crippen LogP contribution in [0.15, 0.2) is 18.2 Å². The van der Waals surface area contributed by atoms with Crippen molar-refractivity contribution in [2.75, 3.05) is 6.61 Å². The first-order chi connectivity index (χ1) is 8.56. The Morgan fingerprint density at radius 1 is 1.56 bits per heavy atom. The Kier molecular flexibility index (Phi) is 3.50. The van der Waals surface area contributed by atoms with E-state index in [-0.39, 0.29) is 17.5 Å². The molecule has 1 heterocycles. The zero-order chi connectivity index (χ0) is 13.1. The van der Waals surface area contributed by atoms with Crippen LogP contribution >= 0.6 is 0 Å². The van der Waals surface area contributed by atoms with Gasteiger partial charge in [-0.2, -0.15) is 0 Å². The summed E-state index contributed by atoms with van der Waals surface area (Å²) in [5.41, 5.74) is 1.08. The van der Waals surface area contributed by atoms with E-state index in [1.165, 1.54) is 6.07 Å². The third kappa shape index (κ3) is 2.80. The van der Waals surface area contributed by atoms with Gasteiger partial charge in [-0.3, -0.25) is 4.79 Å². The first kappa shape index (κ1) is 12.4. The summed E-state index contributed by atoms with van der Waals surface area (Å²) in [4.78, 5) is 22.1. The number of nitrogens with one attached hydrogen (secondary N) is 1. The number of benzene rings is 1. The van der Waals surface area contributed by atoms with E-state index in [1.807, 2.05) is 6.92 Å². The molecule has 1 aromatic rings. The van der Waals surface area contributed by atoms with Gasteiger partial charge >= 0.3 is 5.97 Å². The summed E-state index contributed by atoms with van der Waals surface area (Å²) >= 11 is 0. The van der Waals surface area contributed by atoms with Crippen LogP contribution < -0.4 is 10.1 Å². The van der Waals surface area contributed by atoms with Crippen molar-refractivity contribution in [1.82, 2.24) is 5.32 Å². The number of hydrogen-bond donors (Lipinski definition) is 2. The van der Waals surface area contributed by atoms with Gasteiger partial charge in [0.2, 0.25) is 5.91 Å². The van der Waals surface area contributed by atoms with Crippen LogP contribution in [-0.2, 0) is 4.79 Å². The van der Waals surface area contributed by atoms with E-state index in [1.54, 1.807) is 12.1 Å². The summed E-state index contributed by atoms with van der Waals surface area (Å²) in [5.74, 6) is -0.643. The molecule has 0 aliphatic carbocycles. The van der Waals surface area contributed by atoms with Crippen LogP contribution in [0, 0.1) is 6.92 Å². The summed E-state index contributed by atoms with van der Waals surface area (Å²) in [6.07, 6.45) is 1.24. The monoisotopic (exact) mass is 249 g/mol. The molecule has 1 aliphatic heterocycles. The SMILES string of the molecule is Cc1ccc(C(=O)O)c(OCC2CCC(=O)N2)c1. The molecule has 2 N–H and O–H groups in total. The lowest BCUT2D eigenvalue weighted by Crippen LogP contribution is -2.31. The first-order valence-electron chi connectivity index (χ1n) is 5.82. The highest BCUT2D eigenvalue weighted by atomic mass is 16.5. The molecule has 1 atom stereocenters. The summed E-state index contributed by atoms with van der Waals surface area (Å²) in [6, 6.07) is 4.92. The van der Waals surface area contributed by atoms with E-state index in [2.05, 4.69) is 5.32 Å². The average Bonchev–Trinajstić information content (AvgIpc) is 2.72. The van der Waals surface area contributed by atoms with Gasteiger partial charge in [-0.05, 0) is 31.0 Å². The van der Waals surface area contributed by atoms with Crippen LogP contribution in [0.4, 0.5) is 0 Å². The molecule has 2 rings (SSSR count). The van der Waals surface area contributed by atoms with Gasteiger partial charge in [-0.25, -0.2) is 4.79 Å². The summed E-state index contributed by atoms with van der Waals surface area (Å²) in [7, 11) is 0. The highest BCUT2D eigenvalue weighted by molar-refractivity contribution is 5.91. The summed E-state index contributed by atoms with van der Waals surface area (Å²) < 4.78 is 5.52. The van der Waals surface area contributed by atoms with Gasteiger partial charge in [-0.1, -0.05) is 6.07 Å². The van der Waals surface area contributed by atoms with Gasteiger partial charge in [0, 0.05) is 6.42 Å². The maximum atomic E-state index is 11.0. The Bertz CT molecular complexity index is 484. The molecule has 0 aromatic heterocycles.